The maximum atomic E-state index is 12.9. The van der Waals surface area contributed by atoms with E-state index in [1.54, 1.807) is 12.1 Å². The molecule has 0 aliphatic heterocycles. The summed E-state index contributed by atoms with van der Waals surface area (Å²) in [5, 5.41) is 2.93. The Balaban J connectivity index is 1.79. The van der Waals surface area contributed by atoms with Crippen LogP contribution in [-0.4, -0.2) is 40.0 Å². The summed E-state index contributed by atoms with van der Waals surface area (Å²) >= 11 is 12.1. The summed E-state index contributed by atoms with van der Waals surface area (Å²) in [7, 11) is -7.81. The summed E-state index contributed by atoms with van der Waals surface area (Å²) < 4.78 is 53.2. The lowest BCUT2D eigenvalue weighted by molar-refractivity contribution is -0.116. The van der Waals surface area contributed by atoms with Gasteiger partial charge < -0.3 is 5.32 Å². The van der Waals surface area contributed by atoms with E-state index in [-0.39, 0.29) is 32.1 Å². The van der Waals surface area contributed by atoms with Crippen molar-refractivity contribution >= 4 is 66.3 Å². The molecule has 0 spiro atoms. The molecule has 0 radical (unpaired) electrons. The first-order valence-electron chi connectivity index (χ1n) is 9.68. The number of rotatable bonds is 8. The highest BCUT2D eigenvalue weighted by Gasteiger charge is 2.31. The second kappa shape index (κ2) is 10.2. The highest BCUT2D eigenvalue weighted by molar-refractivity contribution is 7.92. The van der Waals surface area contributed by atoms with Gasteiger partial charge in [-0.2, -0.15) is 0 Å². The van der Waals surface area contributed by atoms with Crippen LogP contribution in [0.4, 0.5) is 17.2 Å². The third kappa shape index (κ3) is 6.17. The third-order valence-electron chi connectivity index (χ3n) is 4.57. The van der Waals surface area contributed by atoms with Gasteiger partial charge in [-0.25, -0.2) is 21.8 Å². The van der Waals surface area contributed by atoms with Crippen molar-refractivity contribution in [3.05, 3.63) is 76.9 Å². The molecule has 180 valence electrons. The molecule has 0 bridgehead atoms. The van der Waals surface area contributed by atoms with Crippen LogP contribution in [-0.2, 0) is 24.8 Å². The molecule has 2 aromatic carbocycles. The Hall–Kier alpha value is -2.86. The number of carbonyl (C=O) groups excluding carboxylic acids is 1. The molecular weight excluding hydrogens is 523 g/mol. The minimum absolute atomic E-state index is 0.0485. The molecule has 3 aromatic rings. The maximum Gasteiger partial charge on any atom is 0.263 e. The number of sulfonamides is 2. The van der Waals surface area contributed by atoms with Crippen LogP contribution in [0.3, 0.4) is 0 Å². The maximum absolute atomic E-state index is 12.9. The number of benzene rings is 2. The Kier molecular flexibility index (Phi) is 7.71. The molecule has 2 N–H and O–H groups in total. The first kappa shape index (κ1) is 25.8. The number of anilines is 3. The SMILES string of the molecule is CC(C(=O)Nc1ccc(S(=O)(=O)Nc2ccccn2)cc1)N(c1cc(Cl)ccc1Cl)S(C)(=O)=O. The molecule has 0 fully saturated rings. The molecule has 34 heavy (non-hydrogen) atoms. The van der Waals surface area contributed by atoms with E-state index in [9.17, 15) is 21.6 Å². The number of pyridine rings is 1. The van der Waals surface area contributed by atoms with Crippen LogP contribution in [0.2, 0.25) is 10.0 Å². The lowest BCUT2D eigenvalue weighted by Gasteiger charge is -2.29. The van der Waals surface area contributed by atoms with Crippen LogP contribution < -0.4 is 14.3 Å². The standard InChI is InChI=1S/C21H20Cl2N4O5S2/c1-14(27(33(2,29)30)19-13-15(22)6-11-18(19)23)21(28)25-16-7-9-17(10-8-16)34(31,32)26-20-5-3-4-12-24-20/h3-14H,1-2H3,(H,24,26)(H,25,28). The van der Waals surface area contributed by atoms with E-state index in [0.717, 1.165) is 10.6 Å². The Labute approximate surface area is 207 Å². The molecule has 0 saturated carbocycles. The molecule has 0 aliphatic carbocycles. The number of nitrogens with zero attached hydrogens (tertiary/aromatic N) is 2. The molecule has 0 saturated heterocycles. The molecule has 9 nitrogen and oxygen atoms in total. The van der Waals surface area contributed by atoms with Gasteiger partial charge in [0.15, 0.2) is 0 Å². The van der Waals surface area contributed by atoms with Crippen molar-refractivity contribution in [3.63, 3.8) is 0 Å². The zero-order chi connectivity index (χ0) is 25.1. The molecule has 1 heterocycles. The van der Waals surface area contributed by atoms with Crippen molar-refractivity contribution in [2.45, 2.75) is 17.9 Å². The summed E-state index contributed by atoms with van der Waals surface area (Å²) in [6.07, 6.45) is 2.40. The van der Waals surface area contributed by atoms with E-state index in [1.807, 2.05) is 0 Å². The minimum Gasteiger partial charge on any atom is -0.324 e. The Morgan fingerprint density at radius 2 is 1.68 bits per heavy atom. The van der Waals surface area contributed by atoms with Gasteiger partial charge in [0, 0.05) is 16.9 Å². The van der Waals surface area contributed by atoms with E-state index in [1.165, 1.54) is 61.7 Å². The fourth-order valence-electron chi connectivity index (χ4n) is 3.02. The molecule has 1 unspecified atom stereocenters. The lowest BCUT2D eigenvalue weighted by atomic mass is 10.2. The molecule has 1 amide bonds. The van der Waals surface area contributed by atoms with Gasteiger partial charge in [-0.3, -0.25) is 13.8 Å². The van der Waals surface area contributed by atoms with Gasteiger partial charge in [-0.15, -0.1) is 0 Å². The normalized spacial score (nSPS) is 12.6. The second-order valence-electron chi connectivity index (χ2n) is 7.16. The number of aromatic nitrogens is 1. The van der Waals surface area contributed by atoms with Crippen LogP contribution in [0.25, 0.3) is 0 Å². The van der Waals surface area contributed by atoms with E-state index < -0.39 is 32.0 Å². The Bertz CT molecular complexity index is 1400. The largest absolute Gasteiger partial charge is 0.324 e. The average Bonchev–Trinajstić information content (AvgIpc) is 2.76. The number of hydrogen-bond acceptors (Lipinski definition) is 6. The van der Waals surface area contributed by atoms with Crippen LogP contribution in [0.5, 0.6) is 0 Å². The number of hydrogen-bond donors (Lipinski definition) is 2. The molecule has 0 aliphatic rings. The summed E-state index contributed by atoms with van der Waals surface area (Å²) in [6, 6.07) is 13.3. The highest BCUT2D eigenvalue weighted by atomic mass is 35.5. The summed E-state index contributed by atoms with van der Waals surface area (Å²) in [6.45, 7) is 1.39. The fraction of sp³-hybridized carbons (Fsp3) is 0.143. The van der Waals surface area contributed by atoms with E-state index in [0.29, 0.717) is 0 Å². The molecule has 3 rings (SSSR count). The zero-order valence-electron chi connectivity index (χ0n) is 17.9. The molecule has 1 atom stereocenters. The summed E-state index contributed by atoms with van der Waals surface area (Å²) in [5.74, 6) is -0.502. The Morgan fingerprint density at radius 1 is 1.00 bits per heavy atom. The number of halogens is 2. The van der Waals surface area contributed by atoms with Crippen molar-refractivity contribution in [2.75, 3.05) is 20.6 Å². The molecule has 13 heteroatoms. The topological polar surface area (TPSA) is 126 Å². The second-order valence-corrected chi connectivity index (χ2v) is 11.6. The van der Waals surface area contributed by atoms with Crippen molar-refractivity contribution in [2.24, 2.45) is 0 Å². The van der Waals surface area contributed by atoms with Crippen LogP contribution in [0, 0.1) is 0 Å². The lowest BCUT2D eigenvalue weighted by Crippen LogP contribution is -2.45. The highest BCUT2D eigenvalue weighted by Crippen LogP contribution is 2.32. The van der Waals surface area contributed by atoms with Gasteiger partial charge in [0.2, 0.25) is 15.9 Å². The predicted octanol–water partition coefficient (Wildman–Crippen LogP) is 3.98. The predicted molar refractivity (Wildman–Crippen MR) is 133 cm³/mol. The van der Waals surface area contributed by atoms with Gasteiger partial charge in [-0.1, -0.05) is 29.3 Å². The number of nitrogens with one attached hydrogen (secondary N) is 2. The summed E-state index contributed by atoms with van der Waals surface area (Å²) in [4.78, 5) is 16.7. The number of amides is 1. The van der Waals surface area contributed by atoms with Gasteiger partial charge >= 0.3 is 0 Å². The van der Waals surface area contributed by atoms with Gasteiger partial charge in [0.05, 0.1) is 21.9 Å². The van der Waals surface area contributed by atoms with Gasteiger partial charge in [0.1, 0.15) is 11.9 Å². The van der Waals surface area contributed by atoms with Crippen LogP contribution in [0.15, 0.2) is 71.8 Å². The van der Waals surface area contributed by atoms with E-state index in [4.69, 9.17) is 23.2 Å². The average molecular weight is 543 g/mol. The molecule has 1 aromatic heterocycles. The number of carbonyl (C=O) groups is 1. The van der Waals surface area contributed by atoms with E-state index in [2.05, 4.69) is 15.0 Å². The third-order valence-corrected chi connectivity index (χ3v) is 7.72. The van der Waals surface area contributed by atoms with Crippen molar-refractivity contribution in [1.29, 1.82) is 0 Å². The minimum atomic E-state index is -3.91. The van der Waals surface area contributed by atoms with Crippen LogP contribution in [0.1, 0.15) is 6.92 Å². The first-order chi connectivity index (χ1) is 15.9. The monoisotopic (exact) mass is 542 g/mol. The van der Waals surface area contributed by atoms with Crippen LogP contribution >= 0.6 is 23.2 Å². The quantitative estimate of drug-likeness (QED) is 0.443. The zero-order valence-corrected chi connectivity index (χ0v) is 21.1. The van der Waals surface area contributed by atoms with Crippen molar-refractivity contribution in [3.8, 4) is 0 Å². The summed E-state index contributed by atoms with van der Waals surface area (Å²) in [5.41, 5.74) is 0.320. The smallest absolute Gasteiger partial charge is 0.263 e. The molecular formula is C21H20Cl2N4O5S2. The van der Waals surface area contributed by atoms with Crippen molar-refractivity contribution in [1.82, 2.24) is 4.98 Å². The first-order valence-corrected chi connectivity index (χ1v) is 13.8. The van der Waals surface area contributed by atoms with Gasteiger partial charge in [-0.05, 0) is 61.5 Å². The van der Waals surface area contributed by atoms with Gasteiger partial charge in [0.25, 0.3) is 10.0 Å². The Morgan fingerprint density at radius 3 is 2.26 bits per heavy atom. The van der Waals surface area contributed by atoms with Crippen molar-refractivity contribution < 1.29 is 21.6 Å². The fourth-order valence-corrected chi connectivity index (χ4v) is 5.63. The van der Waals surface area contributed by atoms with E-state index >= 15 is 0 Å².